The Morgan fingerprint density at radius 1 is 0.561 bits per heavy atom. The number of hydrogen-bond donors (Lipinski definition) is 9. The fourth-order valence-electron chi connectivity index (χ4n) is 8.34. The van der Waals surface area contributed by atoms with Gasteiger partial charge in [-0.05, 0) is 51.4 Å². The fourth-order valence-corrected chi connectivity index (χ4v) is 8.34. The summed E-state index contributed by atoms with van der Waals surface area (Å²) in [5.74, 6) is -0.223. The summed E-state index contributed by atoms with van der Waals surface area (Å²) in [7, 11) is 0. The van der Waals surface area contributed by atoms with Gasteiger partial charge in [0.1, 0.15) is 48.8 Å². The van der Waals surface area contributed by atoms with Gasteiger partial charge in [0, 0.05) is 6.42 Å². The highest BCUT2D eigenvalue weighted by molar-refractivity contribution is 5.76. The molecule has 14 heteroatoms. The van der Waals surface area contributed by atoms with Crippen LogP contribution in [0.2, 0.25) is 0 Å². The Labute approximate surface area is 397 Å². The summed E-state index contributed by atoms with van der Waals surface area (Å²) in [4.78, 5) is 13.2. The normalized spacial score (nSPS) is 27.2. The number of ether oxygens (including phenoxy) is 4. The standard InChI is InChI=1S/C52H93NO13/c1-3-5-7-9-11-13-15-17-18-19-20-21-22-24-26-28-30-32-34-36-44(57)53-40(41(56)35-33-31-29-27-25-23-16-14-12-10-8-6-4-2)39-63-51-49(62)47(60)50(43(38-55)65-51)66-52-48(61)46(59)45(58)42(37-54)64-52/h5,7,11,13,17-18,20-21,40-43,45-52,54-56,58-62H,3-4,6,8-10,12,14-16,19,22-39H2,1-2H3,(H,53,57)/b7-5-,13-11-,18-17-,21-20-. The van der Waals surface area contributed by atoms with Crippen LogP contribution >= 0.6 is 0 Å². The first kappa shape index (κ1) is 60.1. The minimum absolute atomic E-state index is 0.223. The number of rotatable bonds is 39. The third-order valence-electron chi connectivity index (χ3n) is 12.6. The Kier molecular flexibility index (Phi) is 35.3. The van der Waals surface area contributed by atoms with E-state index < -0.39 is 86.8 Å². The summed E-state index contributed by atoms with van der Waals surface area (Å²) >= 11 is 0. The van der Waals surface area contributed by atoms with Gasteiger partial charge in [-0.1, -0.05) is 172 Å². The van der Waals surface area contributed by atoms with Crippen molar-refractivity contribution >= 4 is 5.91 Å². The average molecular weight is 940 g/mol. The van der Waals surface area contributed by atoms with E-state index in [0.717, 1.165) is 89.9 Å². The minimum Gasteiger partial charge on any atom is -0.394 e. The molecule has 0 bridgehead atoms. The lowest BCUT2D eigenvalue weighted by molar-refractivity contribution is -0.359. The highest BCUT2D eigenvalue weighted by Gasteiger charge is 2.51. The van der Waals surface area contributed by atoms with E-state index in [-0.39, 0.29) is 18.9 Å². The summed E-state index contributed by atoms with van der Waals surface area (Å²) in [5, 5.41) is 86.9. The number of aliphatic hydroxyl groups excluding tert-OH is 8. The highest BCUT2D eigenvalue weighted by Crippen LogP contribution is 2.30. The second-order valence-electron chi connectivity index (χ2n) is 18.3. The molecule has 9 N–H and O–H groups in total. The second-order valence-corrected chi connectivity index (χ2v) is 18.3. The molecule has 12 unspecified atom stereocenters. The number of aliphatic hydroxyl groups is 8. The minimum atomic E-state index is -1.78. The van der Waals surface area contributed by atoms with Crippen molar-refractivity contribution < 1.29 is 64.6 Å². The maximum absolute atomic E-state index is 13.2. The Bertz CT molecular complexity index is 1290. The molecule has 0 saturated carbocycles. The molecule has 384 valence electrons. The molecule has 2 aliphatic heterocycles. The maximum Gasteiger partial charge on any atom is 0.220 e. The molecule has 2 heterocycles. The highest BCUT2D eigenvalue weighted by atomic mass is 16.7. The van der Waals surface area contributed by atoms with Crippen molar-refractivity contribution in [1.29, 1.82) is 0 Å². The van der Waals surface area contributed by atoms with Gasteiger partial charge in [0.25, 0.3) is 0 Å². The van der Waals surface area contributed by atoms with Crippen LogP contribution in [0.25, 0.3) is 0 Å². The first-order valence-corrected chi connectivity index (χ1v) is 25.9. The van der Waals surface area contributed by atoms with E-state index in [9.17, 15) is 45.6 Å². The number of allylic oxidation sites excluding steroid dienone is 8. The average Bonchev–Trinajstić information content (AvgIpc) is 3.31. The van der Waals surface area contributed by atoms with Crippen LogP contribution in [0.1, 0.15) is 181 Å². The molecule has 0 radical (unpaired) electrons. The largest absolute Gasteiger partial charge is 0.394 e. The smallest absolute Gasteiger partial charge is 0.220 e. The topological polar surface area (TPSA) is 228 Å². The molecule has 0 aromatic rings. The van der Waals surface area contributed by atoms with Crippen molar-refractivity contribution in [2.24, 2.45) is 0 Å². The summed E-state index contributed by atoms with van der Waals surface area (Å²) in [6.07, 6.45) is 28.2. The Hall–Kier alpha value is -2.05. The van der Waals surface area contributed by atoms with E-state index in [1.54, 1.807) is 0 Å². The van der Waals surface area contributed by atoms with Crippen molar-refractivity contribution in [3.8, 4) is 0 Å². The molecule has 2 rings (SSSR count). The lowest BCUT2D eigenvalue weighted by Gasteiger charge is -2.46. The number of amides is 1. The quantitative estimate of drug-likeness (QED) is 0.0227. The summed E-state index contributed by atoms with van der Waals surface area (Å²) in [6, 6.07) is -0.836. The van der Waals surface area contributed by atoms with Gasteiger partial charge in [0.2, 0.25) is 5.91 Å². The molecular formula is C52H93NO13. The van der Waals surface area contributed by atoms with E-state index in [0.29, 0.717) is 12.8 Å². The van der Waals surface area contributed by atoms with Crippen LogP contribution in [0.15, 0.2) is 48.6 Å². The van der Waals surface area contributed by atoms with Gasteiger partial charge < -0.3 is 65.1 Å². The van der Waals surface area contributed by atoms with Crippen LogP contribution in [-0.4, -0.2) is 140 Å². The monoisotopic (exact) mass is 940 g/mol. The van der Waals surface area contributed by atoms with Crippen molar-refractivity contribution in [1.82, 2.24) is 5.32 Å². The van der Waals surface area contributed by atoms with Crippen molar-refractivity contribution in [3.63, 3.8) is 0 Å². The third kappa shape index (κ3) is 25.5. The Morgan fingerprint density at radius 3 is 1.61 bits per heavy atom. The predicted octanol–water partition coefficient (Wildman–Crippen LogP) is 6.88. The number of nitrogens with one attached hydrogen (secondary N) is 1. The zero-order valence-electron chi connectivity index (χ0n) is 40.7. The lowest BCUT2D eigenvalue weighted by Crippen LogP contribution is -2.65. The van der Waals surface area contributed by atoms with E-state index in [2.05, 4.69) is 67.8 Å². The molecule has 14 nitrogen and oxygen atoms in total. The van der Waals surface area contributed by atoms with Gasteiger partial charge in [0.05, 0.1) is 32.0 Å². The Morgan fingerprint density at radius 2 is 1.05 bits per heavy atom. The molecule has 2 aliphatic rings. The van der Waals surface area contributed by atoms with Gasteiger partial charge in [0.15, 0.2) is 12.6 Å². The van der Waals surface area contributed by atoms with E-state index in [1.165, 1.54) is 57.8 Å². The van der Waals surface area contributed by atoms with Crippen molar-refractivity contribution in [3.05, 3.63) is 48.6 Å². The van der Waals surface area contributed by atoms with Crippen LogP contribution < -0.4 is 5.32 Å². The van der Waals surface area contributed by atoms with Crippen LogP contribution in [-0.2, 0) is 23.7 Å². The molecule has 12 atom stereocenters. The van der Waals surface area contributed by atoms with Gasteiger partial charge in [-0.2, -0.15) is 0 Å². The number of carbonyl (C=O) groups is 1. The summed E-state index contributed by atoms with van der Waals surface area (Å²) < 4.78 is 22.7. The van der Waals surface area contributed by atoms with Gasteiger partial charge in [-0.15, -0.1) is 0 Å². The van der Waals surface area contributed by atoms with Crippen molar-refractivity contribution in [2.45, 2.75) is 254 Å². The molecule has 0 spiro atoms. The van der Waals surface area contributed by atoms with Crippen molar-refractivity contribution in [2.75, 3.05) is 19.8 Å². The first-order chi connectivity index (χ1) is 32.1. The molecule has 1 amide bonds. The lowest BCUT2D eigenvalue weighted by atomic mass is 9.97. The molecule has 2 fully saturated rings. The molecule has 66 heavy (non-hydrogen) atoms. The molecule has 2 saturated heterocycles. The zero-order valence-corrected chi connectivity index (χ0v) is 40.7. The SMILES string of the molecule is CC/C=C\C/C=C\C/C=C\C/C=C\CCCCCCCCC(=O)NC(COC1OC(CO)C(OC2OC(CO)C(O)C(O)C2O)C(O)C1O)C(O)CCCCCCCCCCCCCCC. The van der Waals surface area contributed by atoms with Crippen LogP contribution in [0.3, 0.4) is 0 Å². The molecule has 0 aromatic heterocycles. The summed E-state index contributed by atoms with van der Waals surface area (Å²) in [6.45, 7) is 2.71. The maximum atomic E-state index is 13.2. The fraction of sp³-hybridized carbons (Fsp3) is 0.827. The number of carbonyl (C=O) groups excluding carboxylic acids is 1. The Balaban J connectivity index is 1.82. The molecular weight excluding hydrogens is 847 g/mol. The number of hydrogen-bond acceptors (Lipinski definition) is 13. The van der Waals surface area contributed by atoms with Gasteiger partial charge >= 0.3 is 0 Å². The molecule has 0 aliphatic carbocycles. The van der Waals surface area contributed by atoms with Gasteiger partial charge in [-0.25, -0.2) is 0 Å². The second kappa shape index (κ2) is 38.8. The van der Waals surface area contributed by atoms with E-state index >= 15 is 0 Å². The van der Waals surface area contributed by atoms with Crippen LogP contribution in [0.4, 0.5) is 0 Å². The predicted molar refractivity (Wildman–Crippen MR) is 258 cm³/mol. The van der Waals surface area contributed by atoms with E-state index in [4.69, 9.17) is 18.9 Å². The van der Waals surface area contributed by atoms with Crippen LogP contribution in [0.5, 0.6) is 0 Å². The van der Waals surface area contributed by atoms with Gasteiger partial charge in [-0.3, -0.25) is 4.79 Å². The number of unbranched alkanes of at least 4 members (excludes halogenated alkanes) is 18. The van der Waals surface area contributed by atoms with E-state index in [1.807, 2.05) is 0 Å². The summed E-state index contributed by atoms with van der Waals surface area (Å²) in [5.41, 5.74) is 0. The molecule has 0 aromatic carbocycles. The van der Waals surface area contributed by atoms with Crippen LogP contribution in [0, 0.1) is 0 Å². The zero-order chi connectivity index (χ0) is 48.2. The third-order valence-corrected chi connectivity index (χ3v) is 12.6. The first-order valence-electron chi connectivity index (χ1n) is 25.9.